The zero-order valence-electron chi connectivity index (χ0n) is 7.99. The van der Waals surface area contributed by atoms with E-state index in [1.807, 2.05) is 6.07 Å². The highest BCUT2D eigenvalue weighted by Gasteiger charge is 2.06. The van der Waals surface area contributed by atoms with E-state index < -0.39 is 5.97 Å². The van der Waals surface area contributed by atoms with Crippen LogP contribution in [0.25, 0.3) is 0 Å². The Labute approximate surface area is 95.5 Å². The number of ether oxygens (including phenoxy) is 2. The van der Waals surface area contributed by atoms with Crippen LogP contribution < -0.4 is 4.74 Å². The molecule has 0 radical (unpaired) electrons. The third kappa shape index (κ3) is 3.26. The van der Waals surface area contributed by atoms with Gasteiger partial charge < -0.3 is 9.47 Å². The molecule has 0 amide bonds. The third-order valence-electron chi connectivity index (χ3n) is 1.64. The largest absolute Gasteiger partial charge is 0.481 e. The molecule has 0 saturated heterocycles. The van der Waals surface area contributed by atoms with Crippen LogP contribution in [0.2, 0.25) is 0 Å². The van der Waals surface area contributed by atoms with Gasteiger partial charge in [-0.2, -0.15) is 5.26 Å². The number of carbonyl (C=O) groups is 1. The first-order valence-corrected chi connectivity index (χ1v) is 4.86. The molecule has 1 rings (SSSR count). The molecule has 0 fully saturated rings. The Morgan fingerprint density at radius 2 is 2.33 bits per heavy atom. The summed E-state index contributed by atoms with van der Waals surface area (Å²) in [6.45, 7) is -0.202. The van der Waals surface area contributed by atoms with Gasteiger partial charge in [-0.15, -0.1) is 0 Å². The summed E-state index contributed by atoms with van der Waals surface area (Å²) in [7, 11) is 1.28. The topological polar surface area (TPSA) is 59.3 Å². The second-order valence-electron chi connectivity index (χ2n) is 2.62. The van der Waals surface area contributed by atoms with E-state index in [1.165, 1.54) is 7.11 Å². The van der Waals surface area contributed by atoms with Gasteiger partial charge in [0.25, 0.3) is 0 Å². The van der Waals surface area contributed by atoms with E-state index in [0.29, 0.717) is 11.3 Å². The lowest BCUT2D eigenvalue weighted by molar-refractivity contribution is -0.142. The normalized spacial score (nSPS) is 9.13. The fourth-order valence-electron chi connectivity index (χ4n) is 0.911. The van der Waals surface area contributed by atoms with Gasteiger partial charge in [0.1, 0.15) is 11.8 Å². The molecule has 4 nitrogen and oxygen atoms in total. The summed E-state index contributed by atoms with van der Waals surface area (Å²) >= 11 is 3.23. The van der Waals surface area contributed by atoms with Crippen molar-refractivity contribution >= 4 is 21.9 Å². The number of hydrogen-bond donors (Lipinski definition) is 0. The third-order valence-corrected chi connectivity index (χ3v) is 2.13. The number of nitrogens with zero attached hydrogens (tertiary/aromatic N) is 1. The lowest BCUT2D eigenvalue weighted by Gasteiger charge is -2.06. The van der Waals surface area contributed by atoms with Crippen molar-refractivity contribution in [2.24, 2.45) is 0 Å². The average Bonchev–Trinajstić information content (AvgIpc) is 2.26. The standard InChI is InChI=1S/C10H8BrNO3/c1-14-10(13)6-15-9-3-2-8(11)4-7(9)5-12/h2-4H,6H2,1H3. The lowest BCUT2D eigenvalue weighted by atomic mass is 10.2. The summed E-state index contributed by atoms with van der Waals surface area (Å²) in [6, 6.07) is 6.93. The quantitative estimate of drug-likeness (QED) is 0.787. The Balaban J connectivity index is 2.77. The van der Waals surface area contributed by atoms with E-state index in [4.69, 9.17) is 10.00 Å². The molecule has 0 N–H and O–H groups in total. The predicted octanol–water partition coefficient (Wildman–Crippen LogP) is 1.87. The minimum Gasteiger partial charge on any atom is -0.481 e. The molecule has 78 valence electrons. The maximum atomic E-state index is 10.8. The Bertz CT molecular complexity index is 412. The van der Waals surface area contributed by atoms with E-state index in [-0.39, 0.29) is 6.61 Å². The van der Waals surface area contributed by atoms with Crippen molar-refractivity contribution < 1.29 is 14.3 Å². The van der Waals surface area contributed by atoms with E-state index in [1.54, 1.807) is 18.2 Å². The minimum atomic E-state index is -0.484. The number of rotatable bonds is 3. The first kappa shape index (κ1) is 11.5. The molecule has 1 aromatic carbocycles. The average molecular weight is 270 g/mol. The van der Waals surface area contributed by atoms with Crippen LogP contribution in [0.15, 0.2) is 22.7 Å². The molecule has 0 unspecified atom stereocenters. The molecule has 0 aliphatic rings. The van der Waals surface area contributed by atoms with Crippen LogP contribution in [0.4, 0.5) is 0 Å². The maximum Gasteiger partial charge on any atom is 0.343 e. The molecule has 0 aromatic heterocycles. The molecule has 0 spiro atoms. The van der Waals surface area contributed by atoms with Crippen LogP contribution in [0, 0.1) is 11.3 Å². The fourth-order valence-corrected chi connectivity index (χ4v) is 1.27. The Kier molecular flexibility index (Phi) is 4.13. The van der Waals surface area contributed by atoms with Crippen LogP contribution in [-0.4, -0.2) is 19.7 Å². The molecule has 0 saturated carbocycles. The SMILES string of the molecule is COC(=O)COc1ccc(Br)cc1C#N. The number of carbonyl (C=O) groups excluding carboxylic acids is 1. The summed E-state index contributed by atoms with van der Waals surface area (Å²) in [5.74, 6) is -0.118. The molecule has 0 aliphatic heterocycles. The first-order valence-electron chi connectivity index (χ1n) is 4.06. The van der Waals surface area contributed by atoms with Gasteiger partial charge in [0.05, 0.1) is 12.7 Å². The number of nitriles is 1. The number of esters is 1. The molecule has 5 heteroatoms. The summed E-state index contributed by atoms with van der Waals surface area (Å²) in [6.07, 6.45) is 0. The lowest BCUT2D eigenvalue weighted by Crippen LogP contribution is -2.13. The highest BCUT2D eigenvalue weighted by Crippen LogP contribution is 2.22. The Morgan fingerprint density at radius 3 is 2.93 bits per heavy atom. The second kappa shape index (κ2) is 5.37. The molecule has 0 aliphatic carbocycles. The van der Waals surface area contributed by atoms with Gasteiger partial charge in [-0.3, -0.25) is 0 Å². The number of hydrogen-bond acceptors (Lipinski definition) is 4. The molecule has 1 aromatic rings. The van der Waals surface area contributed by atoms with Gasteiger partial charge in [-0.05, 0) is 18.2 Å². The van der Waals surface area contributed by atoms with Crippen LogP contribution in [-0.2, 0) is 9.53 Å². The highest BCUT2D eigenvalue weighted by molar-refractivity contribution is 9.10. The zero-order valence-corrected chi connectivity index (χ0v) is 9.58. The summed E-state index contributed by atoms with van der Waals surface area (Å²) in [5, 5.41) is 8.80. The van der Waals surface area contributed by atoms with Crippen LogP contribution in [0.3, 0.4) is 0 Å². The van der Waals surface area contributed by atoms with Crippen LogP contribution >= 0.6 is 15.9 Å². The van der Waals surface area contributed by atoms with Crippen molar-refractivity contribution in [1.82, 2.24) is 0 Å². The van der Waals surface area contributed by atoms with Crippen molar-refractivity contribution in [2.75, 3.05) is 13.7 Å². The van der Waals surface area contributed by atoms with E-state index >= 15 is 0 Å². The predicted molar refractivity (Wildman–Crippen MR) is 56.4 cm³/mol. The van der Waals surface area contributed by atoms with Crippen molar-refractivity contribution in [3.05, 3.63) is 28.2 Å². The Morgan fingerprint density at radius 1 is 1.60 bits per heavy atom. The van der Waals surface area contributed by atoms with Crippen molar-refractivity contribution in [3.8, 4) is 11.8 Å². The van der Waals surface area contributed by atoms with Gasteiger partial charge in [-0.1, -0.05) is 15.9 Å². The van der Waals surface area contributed by atoms with Crippen LogP contribution in [0.5, 0.6) is 5.75 Å². The molecule has 0 atom stereocenters. The second-order valence-corrected chi connectivity index (χ2v) is 3.53. The highest BCUT2D eigenvalue weighted by atomic mass is 79.9. The van der Waals surface area contributed by atoms with Gasteiger partial charge in [0, 0.05) is 4.47 Å². The smallest absolute Gasteiger partial charge is 0.343 e. The van der Waals surface area contributed by atoms with Gasteiger partial charge in [-0.25, -0.2) is 4.79 Å². The van der Waals surface area contributed by atoms with Gasteiger partial charge >= 0.3 is 5.97 Å². The summed E-state index contributed by atoms with van der Waals surface area (Å²) in [5.41, 5.74) is 0.369. The van der Waals surface area contributed by atoms with E-state index in [0.717, 1.165) is 4.47 Å². The van der Waals surface area contributed by atoms with E-state index in [2.05, 4.69) is 20.7 Å². The maximum absolute atomic E-state index is 10.8. The molecular formula is C10H8BrNO3. The zero-order chi connectivity index (χ0) is 11.3. The monoisotopic (exact) mass is 269 g/mol. The minimum absolute atomic E-state index is 0.202. The summed E-state index contributed by atoms with van der Waals surface area (Å²) in [4.78, 5) is 10.8. The fraction of sp³-hybridized carbons (Fsp3) is 0.200. The van der Waals surface area contributed by atoms with Crippen LogP contribution in [0.1, 0.15) is 5.56 Å². The molecule has 0 heterocycles. The molecule has 0 bridgehead atoms. The van der Waals surface area contributed by atoms with Crippen molar-refractivity contribution in [1.29, 1.82) is 5.26 Å². The van der Waals surface area contributed by atoms with Gasteiger partial charge in [0.2, 0.25) is 0 Å². The number of benzene rings is 1. The Hall–Kier alpha value is -1.54. The molecule has 15 heavy (non-hydrogen) atoms. The van der Waals surface area contributed by atoms with Crippen molar-refractivity contribution in [2.45, 2.75) is 0 Å². The first-order chi connectivity index (χ1) is 7.17. The van der Waals surface area contributed by atoms with E-state index in [9.17, 15) is 4.79 Å². The van der Waals surface area contributed by atoms with Crippen molar-refractivity contribution in [3.63, 3.8) is 0 Å². The summed E-state index contributed by atoms with van der Waals surface area (Å²) < 4.78 is 10.3. The number of methoxy groups -OCH3 is 1. The van der Waals surface area contributed by atoms with Gasteiger partial charge in [0.15, 0.2) is 6.61 Å². The molecular weight excluding hydrogens is 262 g/mol. The number of halogens is 1.